The summed E-state index contributed by atoms with van der Waals surface area (Å²) in [5.74, 6) is 4.07. The maximum Gasteiger partial charge on any atom is 0.356 e. The second-order valence-corrected chi connectivity index (χ2v) is 2.13. The number of halogens is 1. The van der Waals surface area contributed by atoms with Gasteiger partial charge >= 0.3 is 5.97 Å². The monoisotopic (exact) mass is 160 g/mol. The molecule has 5 heteroatoms. The summed E-state index contributed by atoms with van der Waals surface area (Å²) in [5, 5.41) is 8.60. The first-order chi connectivity index (χ1) is 4.63. The van der Waals surface area contributed by atoms with E-state index in [2.05, 4.69) is 0 Å². The minimum Gasteiger partial charge on any atom is -0.476 e. The number of carbonyl (C=O) groups is 1. The highest BCUT2D eigenvalue weighted by Gasteiger charge is 2.12. The molecule has 0 unspecified atom stereocenters. The van der Waals surface area contributed by atoms with E-state index in [4.69, 9.17) is 22.6 Å². The molecule has 0 bridgehead atoms. The number of nitrogens with two attached hydrogens (primary N) is 1. The Bertz CT molecular complexity index is 249. The van der Waals surface area contributed by atoms with Crippen LogP contribution in [0.4, 0.5) is 0 Å². The lowest BCUT2D eigenvalue weighted by Gasteiger charge is -1.95. The van der Waals surface area contributed by atoms with Gasteiger partial charge in [-0.15, -0.1) is 0 Å². The largest absolute Gasteiger partial charge is 0.476 e. The quantitative estimate of drug-likeness (QED) is 0.590. The third kappa shape index (κ3) is 0.930. The van der Waals surface area contributed by atoms with Gasteiger partial charge in [0.25, 0.3) is 0 Å². The minimum absolute atomic E-state index is 0.0957. The zero-order chi connectivity index (χ0) is 7.72. The van der Waals surface area contributed by atoms with Crippen molar-refractivity contribution in [2.75, 3.05) is 5.84 Å². The van der Waals surface area contributed by atoms with Crippen molar-refractivity contribution < 1.29 is 9.90 Å². The van der Waals surface area contributed by atoms with Gasteiger partial charge in [0.1, 0.15) is 0 Å². The number of nitrogens with zero attached hydrogens (tertiary/aromatic N) is 1. The van der Waals surface area contributed by atoms with E-state index in [-0.39, 0.29) is 10.7 Å². The summed E-state index contributed by atoms with van der Waals surface area (Å²) >= 11 is 5.46. The van der Waals surface area contributed by atoms with Gasteiger partial charge in [-0.2, -0.15) is 0 Å². The van der Waals surface area contributed by atoms with Crippen molar-refractivity contribution in [1.82, 2.24) is 4.68 Å². The Morgan fingerprint density at radius 2 is 2.40 bits per heavy atom. The molecule has 0 aliphatic heterocycles. The molecule has 0 amide bonds. The predicted octanol–water partition coefficient (Wildman–Crippen LogP) is 0.553. The van der Waals surface area contributed by atoms with Gasteiger partial charge in [-0.25, -0.2) is 4.79 Å². The molecular weight excluding hydrogens is 156 g/mol. The molecule has 10 heavy (non-hydrogen) atoms. The average Bonchev–Trinajstić information content (AvgIpc) is 2.11. The number of hydrogen-bond acceptors (Lipinski definition) is 2. The molecule has 0 spiro atoms. The van der Waals surface area contributed by atoms with Gasteiger partial charge in [0, 0.05) is 6.20 Å². The minimum atomic E-state index is -1.13. The van der Waals surface area contributed by atoms with Crippen molar-refractivity contribution in [3.05, 3.63) is 23.0 Å². The van der Waals surface area contributed by atoms with Crippen molar-refractivity contribution >= 4 is 17.6 Å². The second-order valence-electron chi connectivity index (χ2n) is 1.72. The van der Waals surface area contributed by atoms with Gasteiger partial charge in [-0.05, 0) is 6.07 Å². The van der Waals surface area contributed by atoms with E-state index in [9.17, 15) is 4.79 Å². The highest BCUT2D eigenvalue weighted by molar-refractivity contribution is 6.33. The van der Waals surface area contributed by atoms with Gasteiger partial charge in [-0.3, -0.25) is 4.68 Å². The van der Waals surface area contributed by atoms with Gasteiger partial charge in [0.15, 0.2) is 5.69 Å². The molecule has 4 nitrogen and oxygen atoms in total. The number of rotatable bonds is 1. The fourth-order valence-corrected chi connectivity index (χ4v) is 0.870. The molecule has 3 N–H and O–H groups in total. The summed E-state index contributed by atoms with van der Waals surface area (Å²) in [6.45, 7) is 0. The Labute approximate surface area is 61.8 Å². The Morgan fingerprint density at radius 1 is 1.80 bits per heavy atom. The number of aromatic carboxylic acids is 1. The van der Waals surface area contributed by atoms with E-state index >= 15 is 0 Å². The van der Waals surface area contributed by atoms with Crippen LogP contribution in [0.2, 0.25) is 5.02 Å². The van der Waals surface area contributed by atoms with Crippen molar-refractivity contribution in [2.45, 2.75) is 0 Å². The normalized spacial score (nSPS) is 9.70. The summed E-state index contributed by atoms with van der Waals surface area (Å²) in [6, 6.07) is 1.42. The molecule has 1 rings (SSSR count). The van der Waals surface area contributed by atoms with Crippen molar-refractivity contribution in [2.24, 2.45) is 0 Å². The number of carboxylic acid groups (broad SMARTS) is 1. The zero-order valence-corrected chi connectivity index (χ0v) is 5.67. The SMILES string of the molecule is Nn1ccc(Cl)c1C(=O)O. The Kier molecular flexibility index (Phi) is 1.55. The van der Waals surface area contributed by atoms with Crippen LogP contribution in [-0.2, 0) is 0 Å². The standard InChI is InChI=1S/C5H5ClN2O2/c6-3-1-2-8(7)4(3)5(9)10/h1-2H,7H2,(H,9,10). The lowest BCUT2D eigenvalue weighted by atomic mass is 10.4. The molecule has 1 aromatic rings. The van der Waals surface area contributed by atoms with Gasteiger partial charge in [0.05, 0.1) is 5.02 Å². The van der Waals surface area contributed by atoms with Crippen molar-refractivity contribution in [3.63, 3.8) is 0 Å². The van der Waals surface area contributed by atoms with Crippen LogP contribution in [-0.4, -0.2) is 15.8 Å². The highest BCUT2D eigenvalue weighted by Crippen LogP contribution is 2.14. The first-order valence-electron chi connectivity index (χ1n) is 2.48. The van der Waals surface area contributed by atoms with Gasteiger partial charge in [-0.1, -0.05) is 11.6 Å². The smallest absolute Gasteiger partial charge is 0.356 e. The van der Waals surface area contributed by atoms with E-state index in [1.54, 1.807) is 0 Å². The molecule has 54 valence electrons. The summed E-state index contributed by atoms with van der Waals surface area (Å²) in [4.78, 5) is 10.3. The van der Waals surface area contributed by atoms with Crippen LogP contribution >= 0.6 is 11.6 Å². The van der Waals surface area contributed by atoms with E-state index in [1.165, 1.54) is 12.3 Å². The van der Waals surface area contributed by atoms with Crippen LogP contribution in [0, 0.1) is 0 Å². The highest BCUT2D eigenvalue weighted by atomic mass is 35.5. The van der Waals surface area contributed by atoms with Crippen molar-refractivity contribution in [1.29, 1.82) is 0 Å². The van der Waals surface area contributed by atoms with Crippen LogP contribution in [0.1, 0.15) is 10.5 Å². The molecule has 1 aromatic heterocycles. The predicted molar refractivity (Wildman–Crippen MR) is 36.6 cm³/mol. The molecule has 0 radical (unpaired) electrons. The third-order valence-electron chi connectivity index (χ3n) is 1.07. The van der Waals surface area contributed by atoms with Crippen LogP contribution < -0.4 is 5.84 Å². The fourth-order valence-electron chi connectivity index (χ4n) is 0.635. The second kappa shape index (κ2) is 2.22. The molecule has 0 saturated heterocycles. The van der Waals surface area contributed by atoms with E-state index in [0.717, 1.165) is 4.68 Å². The zero-order valence-electron chi connectivity index (χ0n) is 4.91. The summed E-state index contributed by atoms with van der Waals surface area (Å²) in [5.41, 5.74) is -0.0957. The molecule has 0 aromatic carbocycles. The number of carboxylic acids is 1. The maximum absolute atomic E-state index is 10.3. The van der Waals surface area contributed by atoms with Crippen LogP contribution in [0.3, 0.4) is 0 Å². The first kappa shape index (κ1) is 6.95. The van der Waals surface area contributed by atoms with E-state index in [1.807, 2.05) is 0 Å². The summed E-state index contributed by atoms with van der Waals surface area (Å²) < 4.78 is 0.963. The Morgan fingerprint density at radius 3 is 2.60 bits per heavy atom. The molecule has 0 aliphatic carbocycles. The summed E-state index contributed by atoms with van der Waals surface area (Å²) in [6.07, 6.45) is 1.38. The Balaban J connectivity index is 3.23. The van der Waals surface area contributed by atoms with Crippen LogP contribution in [0.25, 0.3) is 0 Å². The Hall–Kier alpha value is -1.16. The van der Waals surface area contributed by atoms with E-state index in [0.29, 0.717) is 0 Å². The number of hydrogen-bond donors (Lipinski definition) is 2. The molecular formula is C5H5ClN2O2. The molecule has 1 heterocycles. The van der Waals surface area contributed by atoms with Crippen LogP contribution in [0.15, 0.2) is 12.3 Å². The molecule has 0 fully saturated rings. The summed E-state index contributed by atoms with van der Waals surface area (Å²) in [7, 11) is 0. The number of nitrogen functional groups attached to an aromatic ring is 1. The molecule has 0 aliphatic rings. The fraction of sp³-hybridized carbons (Fsp3) is 0. The molecule has 0 atom stereocenters. The van der Waals surface area contributed by atoms with Gasteiger partial charge < -0.3 is 10.9 Å². The van der Waals surface area contributed by atoms with E-state index < -0.39 is 5.97 Å². The molecule has 0 saturated carbocycles. The lowest BCUT2D eigenvalue weighted by molar-refractivity contribution is 0.0687. The topological polar surface area (TPSA) is 68.2 Å². The lowest BCUT2D eigenvalue weighted by Crippen LogP contribution is -2.14. The number of aromatic nitrogens is 1. The van der Waals surface area contributed by atoms with Crippen LogP contribution in [0.5, 0.6) is 0 Å². The first-order valence-corrected chi connectivity index (χ1v) is 2.86. The maximum atomic E-state index is 10.3. The van der Waals surface area contributed by atoms with Crippen molar-refractivity contribution in [3.8, 4) is 0 Å². The average molecular weight is 161 g/mol. The third-order valence-corrected chi connectivity index (χ3v) is 1.37. The van der Waals surface area contributed by atoms with Gasteiger partial charge in [0.2, 0.25) is 0 Å².